The molecule has 0 unspecified atom stereocenters. The Bertz CT molecular complexity index is 310. The molecule has 0 aliphatic rings. The highest BCUT2D eigenvalue weighted by Crippen LogP contribution is 2.19. The average Bonchev–Trinajstić information content (AvgIpc) is 2.28. The summed E-state index contributed by atoms with van der Waals surface area (Å²) in [6, 6.07) is 6.36. The van der Waals surface area contributed by atoms with Crippen molar-refractivity contribution in [3.8, 4) is 5.75 Å². The van der Waals surface area contributed by atoms with E-state index in [0.717, 1.165) is 25.4 Å². The first-order chi connectivity index (χ1) is 7.77. The summed E-state index contributed by atoms with van der Waals surface area (Å²) in [4.78, 5) is 0. The number of aryl methyl sites for hydroxylation is 1. The van der Waals surface area contributed by atoms with E-state index in [1.54, 1.807) is 0 Å². The molecule has 16 heavy (non-hydrogen) atoms. The van der Waals surface area contributed by atoms with Gasteiger partial charge < -0.3 is 10.1 Å². The molecule has 0 aliphatic heterocycles. The van der Waals surface area contributed by atoms with Gasteiger partial charge in [-0.2, -0.15) is 0 Å². The molecule has 0 aromatic heterocycles. The normalized spacial score (nSPS) is 10.4. The molecule has 90 valence electrons. The molecule has 0 fully saturated rings. The molecule has 1 aromatic rings. The fraction of sp³-hybridized carbons (Fsp3) is 0.571. The molecule has 0 amide bonds. The van der Waals surface area contributed by atoms with Crippen LogP contribution in [-0.4, -0.2) is 13.2 Å². The zero-order valence-electron chi connectivity index (χ0n) is 10.7. The summed E-state index contributed by atoms with van der Waals surface area (Å²) < 4.78 is 5.61. The average molecular weight is 221 g/mol. The third-order valence-corrected chi connectivity index (χ3v) is 2.54. The molecule has 0 saturated carbocycles. The van der Waals surface area contributed by atoms with Crippen LogP contribution >= 0.6 is 0 Å². The second-order valence-electron chi connectivity index (χ2n) is 4.07. The van der Waals surface area contributed by atoms with Gasteiger partial charge in [0, 0.05) is 12.1 Å². The van der Waals surface area contributed by atoms with E-state index in [4.69, 9.17) is 4.74 Å². The third kappa shape index (κ3) is 4.23. The Morgan fingerprint density at radius 2 is 2.06 bits per heavy atom. The highest BCUT2D eigenvalue weighted by Gasteiger charge is 2.02. The van der Waals surface area contributed by atoms with Gasteiger partial charge in [-0.15, -0.1) is 0 Å². The van der Waals surface area contributed by atoms with Gasteiger partial charge in [-0.25, -0.2) is 0 Å². The van der Waals surface area contributed by atoms with Gasteiger partial charge in [0.1, 0.15) is 5.75 Å². The van der Waals surface area contributed by atoms with Crippen LogP contribution in [0.1, 0.15) is 37.8 Å². The van der Waals surface area contributed by atoms with Crippen molar-refractivity contribution in [2.75, 3.05) is 13.2 Å². The highest BCUT2D eigenvalue weighted by molar-refractivity contribution is 5.36. The first-order valence-electron chi connectivity index (χ1n) is 6.21. The first-order valence-corrected chi connectivity index (χ1v) is 6.21. The molecule has 0 radical (unpaired) electrons. The Kier molecular flexibility index (Phi) is 5.94. The van der Waals surface area contributed by atoms with Crippen LogP contribution in [0.4, 0.5) is 0 Å². The van der Waals surface area contributed by atoms with Crippen molar-refractivity contribution in [1.29, 1.82) is 0 Å². The van der Waals surface area contributed by atoms with Crippen molar-refractivity contribution >= 4 is 0 Å². The second kappa shape index (κ2) is 7.29. The first kappa shape index (κ1) is 13.0. The number of hydrogen-bond donors (Lipinski definition) is 1. The Balaban J connectivity index is 2.57. The molecular formula is C14H23NO. The molecule has 2 nitrogen and oxygen atoms in total. The zero-order chi connectivity index (χ0) is 11.8. The summed E-state index contributed by atoms with van der Waals surface area (Å²) in [5.74, 6) is 1.01. The van der Waals surface area contributed by atoms with Gasteiger partial charge in [0.25, 0.3) is 0 Å². The van der Waals surface area contributed by atoms with Gasteiger partial charge in [0.05, 0.1) is 6.61 Å². The van der Waals surface area contributed by atoms with E-state index in [9.17, 15) is 0 Å². The predicted octanol–water partition coefficient (Wildman–Crippen LogP) is 3.28. The standard InChI is InChI=1S/C14H23NO/c1-4-6-9-15-11-13-10-12(3)7-8-14(13)16-5-2/h7-8,10,15H,4-6,9,11H2,1-3H3. The van der Waals surface area contributed by atoms with Crippen LogP contribution in [0.5, 0.6) is 5.75 Å². The van der Waals surface area contributed by atoms with Crippen LogP contribution < -0.4 is 10.1 Å². The summed E-state index contributed by atoms with van der Waals surface area (Å²) in [5, 5.41) is 3.45. The number of rotatable bonds is 7. The van der Waals surface area contributed by atoms with Gasteiger partial charge in [0.2, 0.25) is 0 Å². The van der Waals surface area contributed by atoms with E-state index in [-0.39, 0.29) is 0 Å². The van der Waals surface area contributed by atoms with Gasteiger partial charge >= 0.3 is 0 Å². The van der Waals surface area contributed by atoms with Crippen LogP contribution in [0, 0.1) is 6.92 Å². The number of hydrogen-bond acceptors (Lipinski definition) is 2. The predicted molar refractivity (Wildman–Crippen MR) is 69.0 cm³/mol. The topological polar surface area (TPSA) is 21.3 Å². The molecule has 0 aliphatic carbocycles. The number of ether oxygens (including phenoxy) is 1. The summed E-state index contributed by atoms with van der Waals surface area (Å²) >= 11 is 0. The van der Waals surface area contributed by atoms with Crippen molar-refractivity contribution in [2.45, 2.75) is 40.2 Å². The van der Waals surface area contributed by atoms with E-state index in [2.05, 4.69) is 37.4 Å². The fourth-order valence-corrected chi connectivity index (χ4v) is 1.67. The minimum Gasteiger partial charge on any atom is -0.494 e. The summed E-state index contributed by atoms with van der Waals surface area (Å²) in [6.45, 7) is 9.05. The maximum atomic E-state index is 5.61. The van der Waals surface area contributed by atoms with Crippen LogP contribution in [0.15, 0.2) is 18.2 Å². The van der Waals surface area contributed by atoms with E-state index >= 15 is 0 Å². The zero-order valence-corrected chi connectivity index (χ0v) is 10.7. The minimum absolute atomic E-state index is 0.727. The smallest absolute Gasteiger partial charge is 0.123 e. The molecule has 0 spiro atoms. The van der Waals surface area contributed by atoms with Gasteiger partial charge in [-0.3, -0.25) is 0 Å². The minimum atomic E-state index is 0.727. The lowest BCUT2D eigenvalue weighted by molar-refractivity contribution is 0.335. The molecule has 1 N–H and O–H groups in total. The van der Waals surface area contributed by atoms with E-state index in [1.165, 1.54) is 24.0 Å². The molecule has 1 rings (SSSR count). The van der Waals surface area contributed by atoms with E-state index in [0.29, 0.717) is 0 Å². The van der Waals surface area contributed by atoms with Crippen LogP contribution in [0.2, 0.25) is 0 Å². The Morgan fingerprint density at radius 3 is 2.75 bits per heavy atom. The van der Waals surface area contributed by atoms with Crippen molar-refractivity contribution < 1.29 is 4.74 Å². The number of benzene rings is 1. The summed E-state index contributed by atoms with van der Waals surface area (Å²) in [5.41, 5.74) is 2.55. The number of unbranched alkanes of at least 4 members (excludes halogenated alkanes) is 1. The van der Waals surface area contributed by atoms with Gasteiger partial charge in [-0.1, -0.05) is 31.0 Å². The monoisotopic (exact) mass is 221 g/mol. The fourth-order valence-electron chi connectivity index (χ4n) is 1.67. The van der Waals surface area contributed by atoms with E-state index < -0.39 is 0 Å². The van der Waals surface area contributed by atoms with E-state index in [1.807, 2.05) is 6.92 Å². The Labute approximate surface area is 99.0 Å². The third-order valence-electron chi connectivity index (χ3n) is 2.54. The summed E-state index contributed by atoms with van der Waals surface area (Å²) in [7, 11) is 0. The van der Waals surface area contributed by atoms with Gasteiger partial charge in [0.15, 0.2) is 0 Å². The molecule has 0 bridgehead atoms. The lowest BCUT2D eigenvalue weighted by atomic mass is 10.1. The van der Waals surface area contributed by atoms with Gasteiger partial charge in [-0.05, 0) is 32.9 Å². The highest BCUT2D eigenvalue weighted by atomic mass is 16.5. The summed E-state index contributed by atoms with van der Waals surface area (Å²) in [6.07, 6.45) is 2.47. The van der Waals surface area contributed by atoms with Crippen molar-refractivity contribution in [2.24, 2.45) is 0 Å². The lowest BCUT2D eigenvalue weighted by Crippen LogP contribution is -2.15. The SMILES string of the molecule is CCCCNCc1cc(C)ccc1OCC. The molecule has 1 aromatic carbocycles. The Morgan fingerprint density at radius 1 is 1.25 bits per heavy atom. The molecular weight excluding hydrogens is 198 g/mol. The number of nitrogens with one attached hydrogen (secondary N) is 1. The largest absolute Gasteiger partial charge is 0.494 e. The molecule has 2 heteroatoms. The maximum Gasteiger partial charge on any atom is 0.123 e. The lowest BCUT2D eigenvalue weighted by Gasteiger charge is -2.11. The quantitative estimate of drug-likeness (QED) is 0.713. The molecule has 0 atom stereocenters. The molecule has 0 saturated heterocycles. The van der Waals surface area contributed by atoms with Crippen molar-refractivity contribution in [3.63, 3.8) is 0 Å². The second-order valence-corrected chi connectivity index (χ2v) is 4.07. The van der Waals surface area contributed by atoms with Crippen LogP contribution in [0.3, 0.4) is 0 Å². The Hall–Kier alpha value is -1.02. The van der Waals surface area contributed by atoms with Crippen molar-refractivity contribution in [3.05, 3.63) is 29.3 Å². The maximum absolute atomic E-state index is 5.61. The van der Waals surface area contributed by atoms with Crippen molar-refractivity contribution in [1.82, 2.24) is 5.32 Å². The van der Waals surface area contributed by atoms with Crippen LogP contribution in [0.25, 0.3) is 0 Å². The molecule has 0 heterocycles. The van der Waals surface area contributed by atoms with Crippen LogP contribution in [-0.2, 0) is 6.54 Å².